The van der Waals surface area contributed by atoms with Crippen molar-refractivity contribution in [3.05, 3.63) is 58.6 Å². The summed E-state index contributed by atoms with van der Waals surface area (Å²) in [6, 6.07) is 12.1. The second kappa shape index (κ2) is 8.87. The van der Waals surface area contributed by atoms with E-state index in [1.807, 2.05) is 85.1 Å². The number of nitrogens with zero attached hydrogens (tertiary/aromatic N) is 4. The van der Waals surface area contributed by atoms with Gasteiger partial charge in [0.1, 0.15) is 17.1 Å². The summed E-state index contributed by atoms with van der Waals surface area (Å²) in [7, 11) is 3.64. The second-order valence-electron chi connectivity index (χ2n) is 11.7. The average molecular weight is 491 g/mol. The van der Waals surface area contributed by atoms with Gasteiger partial charge in [0.2, 0.25) is 0 Å². The highest BCUT2D eigenvalue weighted by atomic mass is 16.5. The van der Waals surface area contributed by atoms with Crippen LogP contribution < -0.4 is 15.2 Å². The first-order chi connectivity index (χ1) is 16.7. The molecule has 0 unspecified atom stereocenters. The quantitative estimate of drug-likeness (QED) is 0.331. The molecule has 2 heterocycles. The van der Waals surface area contributed by atoms with Gasteiger partial charge >= 0.3 is 5.69 Å². The standard InChI is InChI=1S/C29H38N4O3/c1-18(2)21-16-22(24(35-10)17-25(21)36-29(6,7)8)26-30-33(28(3,4)5)27(34)32(26)20-11-12-23-19(15-20)13-14-31(23)9/h11-18H,1-10H3. The molecule has 0 saturated carbocycles. The van der Waals surface area contributed by atoms with Gasteiger partial charge < -0.3 is 14.0 Å². The summed E-state index contributed by atoms with van der Waals surface area (Å²) in [5.41, 5.74) is 2.57. The van der Waals surface area contributed by atoms with Crippen molar-refractivity contribution in [2.24, 2.45) is 7.05 Å². The minimum atomic E-state index is -0.503. The number of hydrogen-bond donors (Lipinski definition) is 0. The molecule has 2 aromatic carbocycles. The Hall–Kier alpha value is -3.48. The maximum Gasteiger partial charge on any atom is 0.351 e. The maximum atomic E-state index is 13.8. The molecule has 0 N–H and O–H groups in total. The van der Waals surface area contributed by atoms with Crippen molar-refractivity contribution >= 4 is 10.9 Å². The Balaban J connectivity index is 2.04. The zero-order valence-corrected chi connectivity index (χ0v) is 23.1. The Bertz CT molecular complexity index is 1470. The van der Waals surface area contributed by atoms with Crippen LogP contribution >= 0.6 is 0 Å². The van der Waals surface area contributed by atoms with Gasteiger partial charge in [0.05, 0.1) is 23.9 Å². The minimum absolute atomic E-state index is 0.192. The highest BCUT2D eigenvalue weighted by molar-refractivity contribution is 5.82. The first kappa shape index (κ1) is 25.6. The molecular weight excluding hydrogens is 452 g/mol. The van der Waals surface area contributed by atoms with E-state index in [4.69, 9.17) is 14.6 Å². The first-order valence-corrected chi connectivity index (χ1v) is 12.4. The summed E-state index contributed by atoms with van der Waals surface area (Å²) in [4.78, 5) is 13.8. The van der Waals surface area contributed by atoms with Gasteiger partial charge in [-0.1, -0.05) is 13.8 Å². The number of aromatic nitrogens is 4. The lowest BCUT2D eigenvalue weighted by atomic mass is 9.98. The largest absolute Gasteiger partial charge is 0.496 e. The highest BCUT2D eigenvalue weighted by Gasteiger charge is 2.28. The second-order valence-corrected chi connectivity index (χ2v) is 11.7. The van der Waals surface area contributed by atoms with Gasteiger partial charge in [0, 0.05) is 30.2 Å². The summed E-state index contributed by atoms with van der Waals surface area (Å²) in [5, 5.41) is 5.92. The molecule has 0 saturated heterocycles. The fourth-order valence-corrected chi connectivity index (χ4v) is 4.41. The predicted molar refractivity (Wildman–Crippen MR) is 146 cm³/mol. The Morgan fingerprint density at radius 2 is 1.64 bits per heavy atom. The fraction of sp³-hybridized carbons (Fsp3) is 0.448. The van der Waals surface area contributed by atoms with Crippen LogP contribution in [0.4, 0.5) is 0 Å². The van der Waals surface area contributed by atoms with Crippen LogP contribution in [0.15, 0.2) is 47.4 Å². The van der Waals surface area contributed by atoms with Crippen molar-refractivity contribution in [1.82, 2.24) is 18.9 Å². The number of benzene rings is 2. The molecule has 0 amide bonds. The molecule has 0 spiro atoms. The summed E-state index contributed by atoms with van der Waals surface area (Å²) >= 11 is 0. The zero-order valence-electron chi connectivity index (χ0n) is 23.1. The minimum Gasteiger partial charge on any atom is -0.496 e. The van der Waals surface area contributed by atoms with Gasteiger partial charge in [-0.3, -0.25) is 0 Å². The molecule has 0 aliphatic carbocycles. The van der Waals surface area contributed by atoms with Crippen LogP contribution in [0, 0.1) is 0 Å². The van der Waals surface area contributed by atoms with E-state index in [-0.39, 0.29) is 17.2 Å². The van der Waals surface area contributed by atoms with Crippen LogP contribution in [0.25, 0.3) is 28.0 Å². The van der Waals surface area contributed by atoms with E-state index < -0.39 is 5.54 Å². The smallest absolute Gasteiger partial charge is 0.351 e. The zero-order chi connectivity index (χ0) is 26.6. The Kier molecular flexibility index (Phi) is 6.31. The SMILES string of the molecule is COc1cc(OC(C)(C)C)c(C(C)C)cc1-c1nn(C(C)(C)C)c(=O)n1-c1ccc2c(ccn2C)c1. The predicted octanol–water partition coefficient (Wildman–Crippen LogP) is 6.26. The number of hydrogen-bond acceptors (Lipinski definition) is 4. The Labute approximate surface area is 213 Å². The van der Waals surface area contributed by atoms with Crippen molar-refractivity contribution in [1.29, 1.82) is 0 Å². The molecule has 7 heteroatoms. The molecular formula is C29H38N4O3. The molecule has 0 aliphatic heterocycles. The average Bonchev–Trinajstić information content (AvgIpc) is 3.31. The van der Waals surface area contributed by atoms with Crippen LogP contribution in [-0.2, 0) is 12.6 Å². The van der Waals surface area contributed by atoms with Crippen LogP contribution in [0.5, 0.6) is 11.5 Å². The Morgan fingerprint density at radius 3 is 2.22 bits per heavy atom. The van der Waals surface area contributed by atoms with Gasteiger partial charge in [-0.05, 0) is 83.4 Å². The topological polar surface area (TPSA) is 63.2 Å². The van der Waals surface area contributed by atoms with Gasteiger partial charge in [-0.2, -0.15) is 0 Å². The third kappa shape index (κ3) is 4.66. The van der Waals surface area contributed by atoms with Crippen molar-refractivity contribution in [2.45, 2.75) is 72.4 Å². The molecule has 0 bridgehead atoms. The van der Waals surface area contributed by atoms with E-state index in [0.29, 0.717) is 11.6 Å². The molecule has 7 nitrogen and oxygen atoms in total. The van der Waals surface area contributed by atoms with E-state index in [0.717, 1.165) is 33.5 Å². The van der Waals surface area contributed by atoms with E-state index >= 15 is 0 Å². The van der Waals surface area contributed by atoms with Crippen molar-refractivity contribution in [3.8, 4) is 28.6 Å². The molecule has 192 valence electrons. The van der Waals surface area contributed by atoms with Gasteiger partial charge in [0.25, 0.3) is 0 Å². The van der Waals surface area contributed by atoms with E-state index in [1.165, 1.54) is 0 Å². The molecule has 0 atom stereocenters. The van der Waals surface area contributed by atoms with Crippen molar-refractivity contribution in [3.63, 3.8) is 0 Å². The Morgan fingerprint density at radius 1 is 0.944 bits per heavy atom. The van der Waals surface area contributed by atoms with E-state index in [2.05, 4.69) is 24.5 Å². The fourth-order valence-electron chi connectivity index (χ4n) is 4.41. The monoisotopic (exact) mass is 490 g/mol. The van der Waals surface area contributed by atoms with Gasteiger partial charge in [-0.15, -0.1) is 5.10 Å². The van der Waals surface area contributed by atoms with E-state index in [9.17, 15) is 4.79 Å². The number of ether oxygens (including phenoxy) is 2. The summed E-state index contributed by atoms with van der Waals surface area (Å²) < 4.78 is 17.4. The van der Waals surface area contributed by atoms with Crippen LogP contribution in [0.1, 0.15) is 66.9 Å². The number of fused-ring (bicyclic) bond motifs is 1. The number of methoxy groups -OCH3 is 1. The van der Waals surface area contributed by atoms with Crippen LogP contribution in [0.2, 0.25) is 0 Å². The third-order valence-electron chi connectivity index (χ3n) is 6.15. The first-order valence-electron chi connectivity index (χ1n) is 12.4. The highest BCUT2D eigenvalue weighted by Crippen LogP contribution is 2.40. The maximum absolute atomic E-state index is 13.8. The lowest BCUT2D eigenvalue weighted by molar-refractivity contribution is 0.128. The van der Waals surface area contributed by atoms with Crippen LogP contribution in [0.3, 0.4) is 0 Å². The number of aryl methyl sites for hydroxylation is 1. The number of rotatable bonds is 5. The summed E-state index contributed by atoms with van der Waals surface area (Å²) in [6.45, 7) is 16.3. The van der Waals surface area contributed by atoms with E-state index in [1.54, 1.807) is 16.4 Å². The molecule has 0 aliphatic rings. The lowest BCUT2D eigenvalue weighted by Crippen LogP contribution is -2.35. The van der Waals surface area contributed by atoms with Crippen LogP contribution in [-0.4, -0.2) is 31.6 Å². The normalized spacial score (nSPS) is 12.5. The lowest BCUT2D eigenvalue weighted by Gasteiger charge is -2.25. The molecule has 0 fully saturated rings. The summed E-state index contributed by atoms with van der Waals surface area (Å²) in [6.07, 6.45) is 2.02. The molecule has 2 aromatic heterocycles. The van der Waals surface area contributed by atoms with Crippen molar-refractivity contribution < 1.29 is 9.47 Å². The van der Waals surface area contributed by atoms with Gasteiger partial charge in [0.15, 0.2) is 5.82 Å². The van der Waals surface area contributed by atoms with Crippen molar-refractivity contribution in [2.75, 3.05) is 7.11 Å². The van der Waals surface area contributed by atoms with Gasteiger partial charge in [-0.25, -0.2) is 14.0 Å². The molecule has 4 rings (SSSR count). The molecule has 36 heavy (non-hydrogen) atoms. The third-order valence-corrected chi connectivity index (χ3v) is 6.15. The molecule has 4 aromatic rings. The molecule has 0 radical (unpaired) electrons. The summed E-state index contributed by atoms with van der Waals surface area (Å²) in [5.74, 6) is 2.10.